The Morgan fingerprint density at radius 2 is 1.88 bits per heavy atom. The molecule has 1 saturated heterocycles. The van der Waals surface area contributed by atoms with E-state index in [4.69, 9.17) is 9.47 Å². The molecule has 0 N–H and O–H groups in total. The number of anilines is 1. The van der Waals surface area contributed by atoms with Crippen molar-refractivity contribution in [3.63, 3.8) is 0 Å². The van der Waals surface area contributed by atoms with Gasteiger partial charge >= 0.3 is 0 Å². The number of piperidine rings is 1. The number of benzene rings is 1. The Kier molecular flexibility index (Phi) is 4.81. The second-order valence-corrected chi connectivity index (χ2v) is 7.48. The van der Waals surface area contributed by atoms with Gasteiger partial charge in [0.2, 0.25) is 0 Å². The second kappa shape index (κ2) is 7.23. The van der Waals surface area contributed by atoms with Crippen molar-refractivity contribution in [1.29, 1.82) is 0 Å². The molecule has 0 amide bonds. The first-order valence-corrected chi connectivity index (χ1v) is 9.51. The van der Waals surface area contributed by atoms with Gasteiger partial charge in [0.1, 0.15) is 5.75 Å². The molecule has 1 aromatic carbocycles. The van der Waals surface area contributed by atoms with Gasteiger partial charge in [-0.15, -0.1) is 10.2 Å². The Hall–Kier alpha value is -2.14. The van der Waals surface area contributed by atoms with Gasteiger partial charge in [-0.1, -0.05) is 18.6 Å². The van der Waals surface area contributed by atoms with Gasteiger partial charge in [-0.05, 0) is 49.9 Å². The van der Waals surface area contributed by atoms with Crippen molar-refractivity contribution in [3.05, 3.63) is 36.4 Å². The van der Waals surface area contributed by atoms with Crippen LogP contribution in [-0.4, -0.2) is 43.6 Å². The van der Waals surface area contributed by atoms with Crippen LogP contribution in [-0.2, 0) is 4.74 Å². The quantitative estimate of drug-likeness (QED) is 0.833. The molecule has 5 heteroatoms. The first kappa shape index (κ1) is 17.3. The van der Waals surface area contributed by atoms with E-state index in [1.165, 1.54) is 32.1 Å². The zero-order valence-corrected chi connectivity index (χ0v) is 15.6. The van der Waals surface area contributed by atoms with E-state index in [1.807, 2.05) is 37.4 Å². The molecule has 5 nitrogen and oxygen atoms in total. The normalized spacial score (nSPS) is 25.6. The van der Waals surface area contributed by atoms with Gasteiger partial charge in [0, 0.05) is 31.2 Å². The molecule has 2 atom stereocenters. The van der Waals surface area contributed by atoms with Crippen LogP contribution in [0.15, 0.2) is 36.4 Å². The molecule has 0 radical (unpaired) electrons. The summed E-state index contributed by atoms with van der Waals surface area (Å²) in [5, 5.41) is 9.02. The van der Waals surface area contributed by atoms with E-state index in [9.17, 15) is 0 Å². The third kappa shape index (κ3) is 3.05. The molecule has 1 aromatic heterocycles. The summed E-state index contributed by atoms with van der Waals surface area (Å²) < 4.78 is 11.3. The van der Waals surface area contributed by atoms with Gasteiger partial charge in [0.25, 0.3) is 0 Å². The molecule has 1 spiro atoms. The maximum atomic E-state index is 5.81. The van der Waals surface area contributed by atoms with Crippen molar-refractivity contribution >= 4 is 5.82 Å². The fraction of sp³-hybridized carbons (Fsp3) is 0.524. The average molecular weight is 353 g/mol. The maximum Gasteiger partial charge on any atom is 0.151 e. The maximum absolute atomic E-state index is 5.81. The van der Waals surface area contributed by atoms with Gasteiger partial charge in [-0.25, -0.2) is 0 Å². The zero-order valence-electron chi connectivity index (χ0n) is 15.6. The highest BCUT2D eigenvalue weighted by atomic mass is 16.5. The van der Waals surface area contributed by atoms with E-state index in [1.54, 1.807) is 7.11 Å². The highest BCUT2D eigenvalue weighted by molar-refractivity contribution is 5.67. The zero-order chi connectivity index (χ0) is 18.0. The lowest BCUT2D eigenvalue weighted by Crippen LogP contribution is -2.48. The molecular weight excluding hydrogens is 326 g/mol. The number of ether oxygens (including phenoxy) is 2. The van der Waals surface area contributed by atoms with Crippen molar-refractivity contribution in [1.82, 2.24) is 10.2 Å². The minimum atomic E-state index is 0.288. The van der Waals surface area contributed by atoms with Crippen molar-refractivity contribution < 1.29 is 9.47 Å². The van der Waals surface area contributed by atoms with Gasteiger partial charge < -0.3 is 14.4 Å². The Bertz CT molecular complexity index is 749. The van der Waals surface area contributed by atoms with Crippen LogP contribution in [0.25, 0.3) is 11.3 Å². The molecule has 2 heterocycles. The van der Waals surface area contributed by atoms with E-state index in [2.05, 4.69) is 21.2 Å². The van der Waals surface area contributed by atoms with E-state index in [0.29, 0.717) is 6.10 Å². The lowest BCUT2D eigenvalue weighted by atomic mass is 9.76. The molecule has 138 valence electrons. The van der Waals surface area contributed by atoms with E-state index in [-0.39, 0.29) is 5.41 Å². The lowest BCUT2D eigenvalue weighted by molar-refractivity contribution is 0.00214. The fourth-order valence-electron chi connectivity index (χ4n) is 4.79. The Balaban J connectivity index is 1.55. The summed E-state index contributed by atoms with van der Waals surface area (Å²) in [4.78, 5) is 2.39. The molecule has 2 aliphatic rings. The number of hydrogen-bond donors (Lipinski definition) is 0. The topological polar surface area (TPSA) is 47.5 Å². The fourth-order valence-corrected chi connectivity index (χ4v) is 4.79. The number of aromatic nitrogens is 2. The molecule has 26 heavy (non-hydrogen) atoms. The van der Waals surface area contributed by atoms with E-state index in [0.717, 1.165) is 35.9 Å². The van der Waals surface area contributed by atoms with Crippen molar-refractivity contribution in [2.75, 3.05) is 32.2 Å². The lowest BCUT2D eigenvalue weighted by Gasteiger charge is -2.44. The summed E-state index contributed by atoms with van der Waals surface area (Å²) in [5.41, 5.74) is 2.10. The van der Waals surface area contributed by atoms with Crippen LogP contribution in [0.3, 0.4) is 0 Å². The van der Waals surface area contributed by atoms with Crippen molar-refractivity contribution in [3.8, 4) is 17.0 Å². The molecule has 0 unspecified atom stereocenters. The number of nitrogens with zero attached hydrogens (tertiary/aromatic N) is 3. The molecule has 2 fully saturated rings. The first-order chi connectivity index (χ1) is 12.8. The largest absolute Gasteiger partial charge is 0.496 e. The SMILES string of the molecule is COc1ccccc1-c1ccc(N2CCC[C@@]3(CCC[C@H]3OC)C2)nn1. The Labute approximate surface area is 155 Å². The number of methoxy groups -OCH3 is 2. The molecule has 1 aliphatic carbocycles. The van der Waals surface area contributed by atoms with Crippen LogP contribution < -0.4 is 9.64 Å². The highest BCUT2D eigenvalue weighted by Gasteiger charge is 2.46. The van der Waals surface area contributed by atoms with Crippen molar-refractivity contribution in [2.45, 2.75) is 38.2 Å². The predicted molar refractivity (Wildman–Crippen MR) is 103 cm³/mol. The molecular formula is C21H27N3O2. The molecule has 1 saturated carbocycles. The van der Waals surface area contributed by atoms with Gasteiger partial charge in [0.15, 0.2) is 5.82 Å². The molecule has 2 aromatic rings. The summed E-state index contributed by atoms with van der Waals surface area (Å²) in [6.07, 6.45) is 6.54. The second-order valence-electron chi connectivity index (χ2n) is 7.48. The van der Waals surface area contributed by atoms with Crippen LogP contribution in [0, 0.1) is 5.41 Å². The van der Waals surface area contributed by atoms with Crippen LogP contribution in [0.5, 0.6) is 5.75 Å². The summed E-state index contributed by atoms with van der Waals surface area (Å²) in [7, 11) is 3.54. The minimum absolute atomic E-state index is 0.288. The van der Waals surface area contributed by atoms with Gasteiger partial charge in [-0.3, -0.25) is 0 Å². The Morgan fingerprint density at radius 3 is 2.65 bits per heavy atom. The third-order valence-electron chi connectivity index (χ3n) is 6.07. The number of para-hydroxylation sites is 1. The van der Waals surface area contributed by atoms with Gasteiger partial charge in [0.05, 0.1) is 18.9 Å². The highest BCUT2D eigenvalue weighted by Crippen LogP contribution is 2.47. The van der Waals surface area contributed by atoms with Crippen LogP contribution in [0.1, 0.15) is 32.1 Å². The summed E-state index contributed by atoms with van der Waals surface area (Å²) >= 11 is 0. The predicted octanol–water partition coefficient (Wildman–Crippen LogP) is 3.94. The summed E-state index contributed by atoms with van der Waals surface area (Å²) in [5.74, 6) is 1.78. The average Bonchev–Trinajstić information content (AvgIpc) is 3.09. The van der Waals surface area contributed by atoms with Crippen LogP contribution >= 0.6 is 0 Å². The Morgan fingerprint density at radius 1 is 1.04 bits per heavy atom. The monoisotopic (exact) mass is 353 g/mol. The van der Waals surface area contributed by atoms with Crippen LogP contribution in [0.4, 0.5) is 5.82 Å². The minimum Gasteiger partial charge on any atom is -0.496 e. The summed E-state index contributed by atoms with van der Waals surface area (Å²) in [6, 6.07) is 12.1. The third-order valence-corrected chi connectivity index (χ3v) is 6.07. The smallest absolute Gasteiger partial charge is 0.151 e. The summed E-state index contributed by atoms with van der Waals surface area (Å²) in [6.45, 7) is 2.06. The van der Waals surface area contributed by atoms with E-state index >= 15 is 0 Å². The van der Waals surface area contributed by atoms with Crippen LogP contribution in [0.2, 0.25) is 0 Å². The molecule has 4 rings (SSSR count). The molecule has 1 aliphatic heterocycles. The first-order valence-electron chi connectivity index (χ1n) is 9.51. The number of hydrogen-bond acceptors (Lipinski definition) is 5. The molecule has 0 bridgehead atoms. The van der Waals surface area contributed by atoms with E-state index < -0.39 is 0 Å². The van der Waals surface area contributed by atoms with Crippen molar-refractivity contribution in [2.24, 2.45) is 5.41 Å². The van der Waals surface area contributed by atoms with Gasteiger partial charge in [-0.2, -0.15) is 0 Å². The number of rotatable bonds is 4. The standard InChI is InChI=1S/C21H27N3O2/c1-25-18-8-4-3-7-16(18)17-10-11-20(23-22-17)24-14-6-13-21(15-24)12-5-9-19(21)26-2/h3-4,7-8,10-11,19H,5-6,9,12-15H2,1-2H3/t19-,21+/m1/s1.